The summed E-state index contributed by atoms with van der Waals surface area (Å²) in [5.74, 6) is 1.18. The lowest BCUT2D eigenvalue weighted by Crippen LogP contribution is -2.37. The van der Waals surface area contributed by atoms with Crippen LogP contribution in [0.4, 0.5) is 0 Å². The fourth-order valence-corrected chi connectivity index (χ4v) is 2.53. The number of ether oxygens (including phenoxy) is 1. The molecule has 1 unspecified atom stereocenters. The van der Waals surface area contributed by atoms with Gasteiger partial charge in [0.1, 0.15) is 12.4 Å². The van der Waals surface area contributed by atoms with Crippen molar-refractivity contribution in [3.05, 3.63) is 28.7 Å². The van der Waals surface area contributed by atoms with Gasteiger partial charge in [0.15, 0.2) is 0 Å². The number of halogens is 1. The predicted octanol–water partition coefficient (Wildman–Crippen LogP) is 2.53. The second kappa shape index (κ2) is 6.55. The molecule has 1 fully saturated rings. The van der Waals surface area contributed by atoms with Crippen LogP contribution in [0.5, 0.6) is 5.75 Å². The molecule has 18 heavy (non-hydrogen) atoms. The number of piperidine rings is 1. The molecule has 0 saturated carbocycles. The molecular formula is C14H20BrNO2. The van der Waals surface area contributed by atoms with E-state index in [9.17, 15) is 5.11 Å². The predicted molar refractivity (Wildman–Crippen MR) is 75.9 cm³/mol. The van der Waals surface area contributed by atoms with Crippen LogP contribution < -0.4 is 4.74 Å². The molecule has 2 rings (SSSR count). The topological polar surface area (TPSA) is 32.7 Å². The first kappa shape index (κ1) is 13.8. The van der Waals surface area contributed by atoms with E-state index in [0.717, 1.165) is 36.2 Å². The number of aliphatic hydroxyl groups excluding tert-OH is 1. The first-order chi connectivity index (χ1) is 8.65. The van der Waals surface area contributed by atoms with Crippen LogP contribution in [0.3, 0.4) is 0 Å². The summed E-state index contributed by atoms with van der Waals surface area (Å²) < 4.78 is 6.65. The number of hydrogen-bond acceptors (Lipinski definition) is 3. The zero-order chi connectivity index (χ0) is 13.0. The Morgan fingerprint density at radius 2 is 1.94 bits per heavy atom. The Balaban J connectivity index is 1.77. The number of benzene rings is 1. The number of hydrogen-bond donors (Lipinski definition) is 1. The van der Waals surface area contributed by atoms with Crippen LogP contribution in [0.15, 0.2) is 28.7 Å². The average Bonchev–Trinajstić information content (AvgIpc) is 2.38. The third-order valence-corrected chi connectivity index (χ3v) is 4.07. The van der Waals surface area contributed by atoms with Gasteiger partial charge in [0.25, 0.3) is 0 Å². The van der Waals surface area contributed by atoms with Crippen molar-refractivity contribution in [3.63, 3.8) is 0 Å². The molecule has 0 aromatic heterocycles. The van der Waals surface area contributed by atoms with E-state index in [-0.39, 0.29) is 6.10 Å². The number of likely N-dealkylation sites (tertiary alicyclic amines) is 1. The monoisotopic (exact) mass is 313 g/mol. The van der Waals surface area contributed by atoms with Gasteiger partial charge < -0.3 is 14.7 Å². The highest BCUT2D eigenvalue weighted by Gasteiger charge is 2.24. The van der Waals surface area contributed by atoms with E-state index in [1.165, 1.54) is 0 Å². The Hall–Kier alpha value is -0.580. The zero-order valence-electron chi connectivity index (χ0n) is 10.7. The highest BCUT2D eigenvalue weighted by molar-refractivity contribution is 9.10. The molecule has 1 atom stereocenters. The Morgan fingerprint density at radius 3 is 2.56 bits per heavy atom. The molecule has 1 aromatic carbocycles. The minimum atomic E-state index is -0.359. The van der Waals surface area contributed by atoms with Gasteiger partial charge in [0, 0.05) is 4.47 Å². The Kier molecular flexibility index (Phi) is 5.03. The SMILES string of the molecule is CN1CCC(C(O)COc2ccc(Br)cc2)CC1. The van der Waals surface area contributed by atoms with Gasteiger partial charge in [-0.1, -0.05) is 15.9 Å². The van der Waals surface area contributed by atoms with Crippen LogP contribution in [-0.2, 0) is 0 Å². The summed E-state index contributed by atoms with van der Waals surface area (Å²) >= 11 is 3.38. The zero-order valence-corrected chi connectivity index (χ0v) is 12.3. The lowest BCUT2D eigenvalue weighted by Gasteiger charge is -2.31. The van der Waals surface area contributed by atoms with Gasteiger partial charge in [-0.05, 0) is 63.2 Å². The van der Waals surface area contributed by atoms with Gasteiger partial charge in [-0.3, -0.25) is 0 Å². The van der Waals surface area contributed by atoms with E-state index in [0.29, 0.717) is 12.5 Å². The van der Waals surface area contributed by atoms with Crippen molar-refractivity contribution in [2.75, 3.05) is 26.7 Å². The maximum atomic E-state index is 10.1. The summed E-state index contributed by atoms with van der Waals surface area (Å²) in [5, 5.41) is 10.1. The Morgan fingerprint density at radius 1 is 1.33 bits per heavy atom. The normalized spacial score (nSPS) is 19.7. The molecule has 0 radical (unpaired) electrons. The summed E-state index contributed by atoms with van der Waals surface area (Å²) in [6.07, 6.45) is 1.75. The van der Waals surface area contributed by atoms with Crippen LogP contribution >= 0.6 is 15.9 Å². The van der Waals surface area contributed by atoms with Crippen LogP contribution in [0.2, 0.25) is 0 Å². The standard InChI is InChI=1S/C14H20BrNO2/c1-16-8-6-11(7-9-16)14(17)10-18-13-4-2-12(15)3-5-13/h2-5,11,14,17H,6-10H2,1H3. The number of nitrogens with zero attached hydrogens (tertiary/aromatic N) is 1. The maximum Gasteiger partial charge on any atom is 0.119 e. The van der Waals surface area contributed by atoms with Crippen molar-refractivity contribution in [1.29, 1.82) is 0 Å². The minimum Gasteiger partial charge on any atom is -0.491 e. The van der Waals surface area contributed by atoms with E-state index >= 15 is 0 Å². The van der Waals surface area contributed by atoms with Gasteiger partial charge in [-0.25, -0.2) is 0 Å². The molecular weight excluding hydrogens is 294 g/mol. The van der Waals surface area contributed by atoms with Crippen LogP contribution in [0, 0.1) is 5.92 Å². The van der Waals surface area contributed by atoms with Gasteiger partial charge >= 0.3 is 0 Å². The van der Waals surface area contributed by atoms with E-state index < -0.39 is 0 Å². The fraction of sp³-hybridized carbons (Fsp3) is 0.571. The van der Waals surface area contributed by atoms with Crippen molar-refractivity contribution in [3.8, 4) is 5.75 Å². The molecule has 100 valence electrons. The molecule has 4 heteroatoms. The third kappa shape index (κ3) is 3.97. The molecule has 1 N–H and O–H groups in total. The largest absolute Gasteiger partial charge is 0.491 e. The van der Waals surface area contributed by atoms with Crippen LogP contribution in [0.1, 0.15) is 12.8 Å². The summed E-state index contributed by atoms with van der Waals surface area (Å²) in [6.45, 7) is 2.52. The van der Waals surface area contributed by atoms with E-state index in [4.69, 9.17) is 4.74 Å². The average molecular weight is 314 g/mol. The second-order valence-electron chi connectivity index (χ2n) is 4.97. The first-order valence-electron chi connectivity index (χ1n) is 6.40. The molecule has 1 heterocycles. The molecule has 1 aliphatic rings. The van der Waals surface area contributed by atoms with Gasteiger partial charge in [-0.15, -0.1) is 0 Å². The van der Waals surface area contributed by atoms with Gasteiger partial charge in [-0.2, -0.15) is 0 Å². The highest BCUT2D eigenvalue weighted by atomic mass is 79.9. The number of rotatable bonds is 4. The van der Waals surface area contributed by atoms with E-state index in [1.54, 1.807) is 0 Å². The Bertz CT molecular complexity index is 361. The van der Waals surface area contributed by atoms with Crippen LogP contribution in [0.25, 0.3) is 0 Å². The van der Waals surface area contributed by atoms with Crippen molar-refractivity contribution in [2.45, 2.75) is 18.9 Å². The number of aliphatic hydroxyl groups is 1. The molecule has 0 aliphatic carbocycles. The smallest absolute Gasteiger partial charge is 0.119 e. The van der Waals surface area contributed by atoms with E-state index in [2.05, 4.69) is 27.9 Å². The third-order valence-electron chi connectivity index (χ3n) is 3.54. The van der Waals surface area contributed by atoms with E-state index in [1.807, 2.05) is 24.3 Å². The maximum absolute atomic E-state index is 10.1. The van der Waals surface area contributed by atoms with Crippen molar-refractivity contribution >= 4 is 15.9 Å². The molecule has 0 amide bonds. The van der Waals surface area contributed by atoms with Crippen molar-refractivity contribution in [2.24, 2.45) is 5.92 Å². The molecule has 0 bridgehead atoms. The fourth-order valence-electron chi connectivity index (χ4n) is 2.26. The highest BCUT2D eigenvalue weighted by Crippen LogP contribution is 2.21. The molecule has 0 spiro atoms. The van der Waals surface area contributed by atoms with Gasteiger partial charge in [0.05, 0.1) is 6.10 Å². The van der Waals surface area contributed by atoms with Crippen molar-refractivity contribution < 1.29 is 9.84 Å². The first-order valence-corrected chi connectivity index (χ1v) is 7.19. The summed E-state index contributed by atoms with van der Waals surface area (Å²) in [4.78, 5) is 2.30. The lowest BCUT2D eigenvalue weighted by molar-refractivity contribution is 0.0298. The van der Waals surface area contributed by atoms with Crippen molar-refractivity contribution in [1.82, 2.24) is 4.90 Å². The molecule has 1 aromatic rings. The quantitative estimate of drug-likeness (QED) is 0.927. The summed E-state index contributed by atoms with van der Waals surface area (Å²) in [7, 11) is 2.13. The molecule has 3 nitrogen and oxygen atoms in total. The second-order valence-corrected chi connectivity index (χ2v) is 5.89. The molecule has 1 aliphatic heterocycles. The molecule has 1 saturated heterocycles. The minimum absolute atomic E-state index is 0.359. The van der Waals surface area contributed by atoms with Crippen LogP contribution in [-0.4, -0.2) is 42.9 Å². The lowest BCUT2D eigenvalue weighted by atomic mass is 9.92. The summed E-state index contributed by atoms with van der Waals surface area (Å²) in [5.41, 5.74) is 0. The summed E-state index contributed by atoms with van der Waals surface area (Å²) in [6, 6.07) is 7.70. The Labute approximate surface area is 117 Å². The van der Waals surface area contributed by atoms with Gasteiger partial charge in [0.2, 0.25) is 0 Å².